The zero-order valence-electron chi connectivity index (χ0n) is 14.1. The van der Waals surface area contributed by atoms with E-state index >= 15 is 0 Å². The van der Waals surface area contributed by atoms with E-state index in [0.717, 1.165) is 23.0 Å². The second-order valence-corrected chi connectivity index (χ2v) is 5.43. The number of para-hydroxylation sites is 2. The highest BCUT2D eigenvalue weighted by atomic mass is 127. The molecule has 0 heterocycles. The summed E-state index contributed by atoms with van der Waals surface area (Å²) in [6.45, 7) is 0.578. The molecule has 0 radical (unpaired) electrons. The average Bonchev–Trinajstić information content (AvgIpc) is 2.49. The Labute approximate surface area is 155 Å². The van der Waals surface area contributed by atoms with E-state index in [9.17, 15) is 0 Å². The fourth-order valence-electron chi connectivity index (χ4n) is 2.19. The Hall–Kier alpha value is -1.76. The first-order chi connectivity index (χ1) is 10.6. The monoisotopic (exact) mass is 425 g/mol. The minimum Gasteiger partial charge on any atom is -0.457 e. The Morgan fingerprint density at radius 1 is 0.870 bits per heavy atom. The van der Waals surface area contributed by atoms with E-state index in [0.29, 0.717) is 6.54 Å². The van der Waals surface area contributed by atoms with Crippen molar-refractivity contribution in [2.45, 2.75) is 6.54 Å². The molecular formula is C18H24IN3O. The highest BCUT2D eigenvalue weighted by Crippen LogP contribution is 2.25. The number of ether oxygens (including phenoxy) is 1. The molecule has 5 heteroatoms. The van der Waals surface area contributed by atoms with Gasteiger partial charge in [0.2, 0.25) is 0 Å². The molecule has 23 heavy (non-hydrogen) atoms. The molecule has 0 amide bonds. The maximum Gasteiger partial charge on any atom is 0.195 e. The lowest BCUT2D eigenvalue weighted by Gasteiger charge is -2.22. The van der Waals surface area contributed by atoms with E-state index < -0.39 is 0 Å². The van der Waals surface area contributed by atoms with Gasteiger partial charge in [-0.1, -0.05) is 36.4 Å². The maximum absolute atomic E-state index is 5.97. The van der Waals surface area contributed by atoms with Crippen LogP contribution in [0.5, 0.6) is 11.5 Å². The van der Waals surface area contributed by atoms with Gasteiger partial charge in [0.1, 0.15) is 11.5 Å². The van der Waals surface area contributed by atoms with Gasteiger partial charge in [-0.2, -0.15) is 0 Å². The van der Waals surface area contributed by atoms with E-state index in [1.165, 1.54) is 0 Å². The Bertz CT molecular complexity index is 617. The molecule has 2 rings (SSSR count). The molecular weight excluding hydrogens is 401 g/mol. The average molecular weight is 425 g/mol. The van der Waals surface area contributed by atoms with Crippen molar-refractivity contribution >= 4 is 29.9 Å². The van der Waals surface area contributed by atoms with Crippen LogP contribution in [0.3, 0.4) is 0 Å². The molecule has 0 aliphatic rings. The van der Waals surface area contributed by atoms with Gasteiger partial charge in [-0.15, -0.1) is 24.0 Å². The Kier molecular flexibility index (Phi) is 7.88. The van der Waals surface area contributed by atoms with Gasteiger partial charge in [0.05, 0.1) is 6.54 Å². The Morgan fingerprint density at radius 2 is 1.43 bits per heavy atom. The number of aliphatic imine (C=N–C) groups is 1. The van der Waals surface area contributed by atoms with Gasteiger partial charge in [-0.25, -0.2) is 4.99 Å². The molecule has 2 aromatic carbocycles. The third-order valence-corrected chi connectivity index (χ3v) is 3.13. The normalized spacial score (nSPS) is 9.57. The van der Waals surface area contributed by atoms with Crippen molar-refractivity contribution in [3.63, 3.8) is 0 Å². The van der Waals surface area contributed by atoms with Crippen molar-refractivity contribution in [2.75, 3.05) is 28.2 Å². The molecule has 0 spiro atoms. The molecule has 2 aromatic rings. The van der Waals surface area contributed by atoms with E-state index in [2.05, 4.69) is 4.99 Å². The molecule has 0 unspecified atom stereocenters. The highest BCUT2D eigenvalue weighted by Gasteiger charge is 2.07. The fraction of sp³-hybridized carbons (Fsp3) is 0.278. The van der Waals surface area contributed by atoms with Crippen LogP contribution in [-0.4, -0.2) is 44.0 Å². The summed E-state index contributed by atoms with van der Waals surface area (Å²) in [5.41, 5.74) is 1.06. The van der Waals surface area contributed by atoms with Crippen LogP contribution in [0.15, 0.2) is 59.6 Å². The quantitative estimate of drug-likeness (QED) is 0.420. The van der Waals surface area contributed by atoms with Crippen LogP contribution in [0.1, 0.15) is 5.56 Å². The van der Waals surface area contributed by atoms with Crippen molar-refractivity contribution in [1.29, 1.82) is 0 Å². The summed E-state index contributed by atoms with van der Waals surface area (Å²) in [5.74, 6) is 2.60. The summed E-state index contributed by atoms with van der Waals surface area (Å²) in [4.78, 5) is 8.69. The summed E-state index contributed by atoms with van der Waals surface area (Å²) in [5, 5.41) is 0. The van der Waals surface area contributed by atoms with E-state index in [4.69, 9.17) is 4.74 Å². The molecule has 124 valence electrons. The lowest BCUT2D eigenvalue weighted by atomic mass is 10.2. The summed E-state index contributed by atoms with van der Waals surface area (Å²) in [7, 11) is 7.97. The topological polar surface area (TPSA) is 28.1 Å². The molecule has 0 aromatic heterocycles. The van der Waals surface area contributed by atoms with Gasteiger partial charge < -0.3 is 14.5 Å². The second kappa shape index (κ2) is 9.39. The van der Waals surface area contributed by atoms with Crippen LogP contribution in [0.2, 0.25) is 0 Å². The van der Waals surface area contributed by atoms with Crippen molar-refractivity contribution in [1.82, 2.24) is 9.80 Å². The summed E-state index contributed by atoms with van der Waals surface area (Å²) in [6, 6.07) is 17.8. The third-order valence-electron chi connectivity index (χ3n) is 3.13. The zero-order valence-corrected chi connectivity index (χ0v) is 16.4. The van der Waals surface area contributed by atoms with Crippen LogP contribution >= 0.6 is 24.0 Å². The van der Waals surface area contributed by atoms with Crippen LogP contribution < -0.4 is 4.74 Å². The Balaban J connectivity index is 0.00000264. The number of benzene rings is 2. The van der Waals surface area contributed by atoms with Crippen LogP contribution in [0, 0.1) is 0 Å². The van der Waals surface area contributed by atoms with Crippen LogP contribution in [0.25, 0.3) is 0 Å². The molecule has 0 aliphatic heterocycles. The van der Waals surface area contributed by atoms with Gasteiger partial charge in [-0.05, 0) is 18.2 Å². The third kappa shape index (κ3) is 5.74. The molecule has 0 saturated heterocycles. The lowest BCUT2D eigenvalue weighted by molar-refractivity contribution is 0.470. The van der Waals surface area contributed by atoms with Gasteiger partial charge in [0.15, 0.2) is 5.96 Å². The van der Waals surface area contributed by atoms with E-state index in [1.807, 2.05) is 92.6 Å². The van der Waals surface area contributed by atoms with Crippen molar-refractivity contribution in [3.8, 4) is 11.5 Å². The maximum atomic E-state index is 5.97. The number of hydrogen-bond acceptors (Lipinski definition) is 2. The minimum atomic E-state index is 0. The molecule has 0 aliphatic carbocycles. The Morgan fingerprint density at radius 3 is 2.04 bits per heavy atom. The standard InChI is InChI=1S/C18H23N3O.HI/c1-20(2)18(21(3)4)19-14-15-10-8-9-13-17(15)22-16-11-6-5-7-12-16;/h5-13H,14H2,1-4H3;1H. The first kappa shape index (κ1) is 19.3. The van der Waals surface area contributed by atoms with Gasteiger partial charge in [0, 0.05) is 33.8 Å². The molecule has 0 saturated carbocycles. The lowest BCUT2D eigenvalue weighted by Crippen LogP contribution is -2.35. The van der Waals surface area contributed by atoms with Gasteiger partial charge in [0.25, 0.3) is 0 Å². The van der Waals surface area contributed by atoms with Crippen LogP contribution in [-0.2, 0) is 6.54 Å². The number of guanidine groups is 1. The number of hydrogen-bond donors (Lipinski definition) is 0. The van der Waals surface area contributed by atoms with Crippen molar-refractivity contribution in [3.05, 3.63) is 60.2 Å². The molecule has 0 bridgehead atoms. The van der Waals surface area contributed by atoms with E-state index in [1.54, 1.807) is 0 Å². The van der Waals surface area contributed by atoms with Crippen molar-refractivity contribution < 1.29 is 4.74 Å². The van der Waals surface area contributed by atoms with E-state index in [-0.39, 0.29) is 24.0 Å². The second-order valence-electron chi connectivity index (χ2n) is 5.43. The first-order valence-corrected chi connectivity index (χ1v) is 7.28. The van der Waals surface area contributed by atoms with Crippen LogP contribution in [0.4, 0.5) is 0 Å². The minimum absolute atomic E-state index is 0. The SMILES string of the molecule is CN(C)C(=NCc1ccccc1Oc1ccccc1)N(C)C.I. The summed E-state index contributed by atoms with van der Waals surface area (Å²) in [6.07, 6.45) is 0. The number of halogens is 1. The molecule has 0 atom stereocenters. The smallest absolute Gasteiger partial charge is 0.195 e. The first-order valence-electron chi connectivity index (χ1n) is 7.28. The van der Waals surface area contributed by atoms with Gasteiger partial charge in [-0.3, -0.25) is 0 Å². The number of nitrogens with zero attached hydrogens (tertiary/aromatic N) is 3. The van der Waals surface area contributed by atoms with Crippen molar-refractivity contribution in [2.24, 2.45) is 4.99 Å². The highest BCUT2D eigenvalue weighted by molar-refractivity contribution is 14.0. The summed E-state index contributed by atoms with van der Waals surface area (Å²) < 4.78 is 5.97. The molecule has 4 nitrogen and oxygen atoms in total. The molecule has 0 N–H and O–H groups in total. The largest absolute Gasteiger partial charge is 0.457 e. The predicted octanol–water partition coefficient (Wildman–Crippen LogP) is 4.08. The predicted molar refractivity (Wildman–Crippen MR) is 107 cm³/mol. The zero-order chi connectivity index (χ0) is 15.9. The van der Waals surface area contributed by atoms with Gasteiger partial charge >= 0.3 is 0 Å². The summed E-state index contributed by atoms with van der Waals surface area (Å²) >= 11 is 0. The molecule has 0 fully saturated rings. The fourth-order valence-corrected chi connectivity index (χ4v) is 2.19. The number of rotatable bonds is 4.